The van der Waals surface area contributed by atoms with Crippen LogP contribution in [-0.4, -0.2) is 17.6 Å². The topological polar surface area (TPSA) is 85.9 Å². The van der Waals surface area contributed by atoms with Gasteiger partial charge in [0.1, 0.15) is 0 Å². The zero-order chi connectivity index (χ0) is 42.9. The first-order valence-electron chi connectivity index (χ1n) is 19.6. The normalized spacial score (nSPS) is 12.9. The molecule has 0 saturated heterocycles. The van der Waals surface area contributed by atoms with Crippen LogP contribution in [0.4, 0.5) is 0 Å². The average Bonchev–Trinajstić information content (AvgIpc) is 4.16. The van der Waals surface area contributed by atoms with E-state index in [0.29, 0.717) is 21.5 Å². The second-order valence-corrected chi connectivity index (χ2v) is 24.5. The van der Waals surface area contributed by atoms with Gasteiger partial charge < -0.3 is 0 Å². The molecule has 0 unspecified atom stereocenters. The lowest BCUT2D eigenvalue weighted by Gasteiger charge is -2.13. The highest BCUT2D eigenvalue weighted by atomic mass is 79.9. The van der Waals surface area contributed by atoms with Crippen LogP contribution < -0.4 is 22.2 Å². The van der Waals surface area contributed by atoms with Gasteiger partial charge in [-0.1, -0.05) is 24.3 Å². The molecular weight excluding hydrogens is 1140 g/mol. The van der Waals surface area contributed by atoms with Crippen LogP contribution in [0.25, 0.3) is 128 Å². The molecule has 16 rings (SSSR count). The molecule has 8 nitrogen and oxygen atoms in total. The number of rotatable bonds is 0. The van der Waals surface area contributed by atoms with Crippen molar-refractivity contribution in [1.29, 1.82) is 0 Å². The van der Waals surface area contributed by atoms with Gasteiger partial charge in [0, 0.05) is 75.4 Å². The summed E-state index contributed by atoms with van der Waals surface area (Å²) >= 11 is 20.7. The highest BCUT2D eigenvalue weighted by Crippen LogP contribution is 2.44. The lowest BCUT2D eigenvalue weighted by molar-refractivity contribution is 1.20. The fourth-order valence-electron chi connectivity index (χ4n) is 10.6. The first-order valence-corrected chi connectivity index (χ1v) is 26.2. The van der Waals surface area contributed by atoms with E-state index in [1.54, 1.807) is 62.9 Å². The molecule has 0 atom stereocenters. The van der Waals surface area contributed by atoms with Gasteiger partial charge in [0.25, 0.3) is 22.2 Å². The molecule has 64 heavy (non-hydrogen) atoms. The molecule has 0 amide bonds. The molecule has 0 bridgehead atoms. The van der Waals surface area contributed by atoms with Crippen LogP contribution in [0.2, 0.25) is 0 Å². The largest absolute Gasteiger partial charge is 0.275 e. The third-order valence-electron chi connectivity index (χ3n) is 13.0. The van der Waals surface area contributed by atoms with E-state index >= 15 is 0 Å². The van der Waals surface area contributed by atoms with Gasteiger partial charge in [-0.15, -0.1) is 45.3 Å². The van der Waals surface area contributed by atoms with Crippen LogP contribution in [0.5, 0.6) is 0 Å². The van der Waals surface area contributed by atoms with E-state index < -0.39 is 0 Å². The van der Waals surface area contributed by atoms with Crippen LogP contribution >= 0.6 is 109 Å². The van der Waals surface area contributed by atoms with Gasteiger partial charge >= 0.3 is 0 Å². The van der Waals surface area contributed by atoms with Crippen molar-refractivity contribution in [2.45, 2.75) is 0 Å². The molecule has 12 aromatic heterocycles. The molecule has 304 valence electrons. The summed E-state index contributed by atoms with van der Waals surface area (Å²) in [5.74, 6) is 0. The Morgan fingerprint density at radius 3 is 1.00 bits per heavy atom. The maximum Gasteiger partial charge on any atom is 0.263 e. The van der Waals surface area contributed by atoms with E-state index in [2.05, 4.69) is 112 Å². The molecule has 0 radical (unpaired) electrons. The molecular formula is C48H16Br4N4O4S4. The zero-order valence-electron chi connectivity index (χ0n) is 31.8. The molecule has 0 aliphatic heterocycles. The summed E-state index contributed by atoms with van der Waals surface area (Å²) in [5, 5.41) is 14.1. The van der Waals surface area contributed by atoms with E-state index in [9.17, 15) is 19.2 Å². The number of nitrogens with zero attached hydrogens (tertiary/aromatic N) is 4. The average molecular weight is 1160 g/mol. The predicted molar refractivity (Wildman–Crippen MR) is 284 cm³/mol. The van der Waals surface area contributed by atoms with Gasteiger partial charge in [0.15, 0.2) is 0 Å². The van der Waals surface area contributed by atoms with Gasteiger partial charge in [-0.2, -0.15) is 0 Å². The lowest BCUT2D eigenvalue weighted by atomic mass is 9.95. The van der Waals surface area contributed by atoms with E-state index in [0.717, 1.165) is 123 Å². The summed E-state index contributed by atoms with van der Waals surface area (Å²) < 4.78 is 15.3. The SMILES string of the molecule is O=c1c2ccc3c(=O)n4c(cc5scc(Br)c54)c4ccc(c2c34)c2cc3scc(Br)c3n12.O=c1c2ccc3c(=O)n4c5cc(Br)sc5cc4c4ccc(c2c34)c2cc3sc(Br)cc3n12. The summed E-state index contributed by atoms with van der Waals surface area (Å²) in [6.07, 6.45) is 0. The van der Waals surface area contributed by atoms with Crippen LogP contribution in [0.1, 0.15) is 0 Å². The van der Waals surface area contributed by atoms with Crippen molar-refractivity contribution in [3.05, 3.63) is 154 Å². The predicted octanol–water partition coefficient (Wildman–Crippen LogP) is 14.4. The van der Waals surface area contributed by atoms with Crippen LogP contribution in [0, 0.1) is 0 Å². The number of pyridine rings is 4. The second-order valence-electron chi connectivity index (χ2n) is 16.0. The third kappa shape index (κ3) is 4.42. The standard InChI is InChI=1S/2C24H8Br2N2O2S2/c25-13-7-31-17-5-15-9-1-2-10-16-6-18-22(14(26)8-32-18)28(16)24(30)12-4-3-11(19(9)20(10)12)23(29)27(15)21(13)17;25-19-7-15-17(31-19)5-13-9-1-2-10-14-6-18-16(8-20(26)32-18)28(14)24(30)12-4-3-11(21(9)22(10)12)23(29)27(13)15/h2*1-8H. The van der Waals surface area contributed by atoms with Gasteiger partial charge in [-0.25, -0.2) is 0 Å². The lowest BCUT2D eigenvalue weighted by Crippen LogP contribution is -2.16. The third-order valence-corrected chi connectivity index (χ3v) is 19.8. The van der Waals surface area contributed by atoms with Gasteiger partial charge in [-0.3, -0.25) is 36.8 Å². The number of benzene rings is 4. The Balaban J connectivity index is 0.000000119. The maximum absolute atomic E-state index is 13.7. The molecule has 0 spiro atoms. The molecule has 4 aromatic carbocycles. The van der Waals surface area contributed by atoms with Gasteiger partial charge in [0.2, 0.25) is 0 Å². The number of fused-ring (bicyclic) bond motifs is 16. The van der Waals surface area contributed by atoms with Crippen molar-refractivity contribution in [2.24, 2.45) is 0 Å². The smallest absolute Gasteiger partial charge is 0.263 e. The molecule has 0 N–H and O–H groups in total. The van der Waals surface area contributed by atoms with Crippen molar-refractivity contribution >= 4 is 237 Å². The summed E-state index contributed by atoms with van der Waals surface area (Å²) in [4.78, 5) is 54.6. The fraction of sp³-hybridized carbons (Fsp3) is 0. The molecule has 0 aliphatic rings. The van der Waals surface area contributed by atoms with E-state index in [1.165, 1.54) is 0 Å². The van der Waals surface area contributed by atoms with E-state index in [-0.39, 0.29) is 22.2 Å². The van der Waals surface area contributed by atoms with Crippen molar-refractivity contribution in [1.82, 2.24) is 17.6 Å². The first kappa shape index (κ1) is 37.2. The molecule has 12 heterocycles. The maximum atomic E-state index is 13.7. The van der Waals surface area contributed by atoms with Crippen molar-refractivity contribution in [2.75, 3.05) is 0 Å². The Kier molecular flexibility index (Phi) is 7.23. The van der Waals surface area contributed by atoms with Crippen LogP contribution in [0.15, 0.2) is 131 Å². The highest BCUT2D eigenvalue weighted by Gasteiger charge is 2.25. The van der Waals surface area contributed by atoms with Crippen molar-refractivity contribution in [3.8, 4) is 0 Å². The molecule has 0 aliphatic carbocycles. The highest BCUT2D eigenvalue weighted by molar-refractivity contribution is 9.11. The van der Waals surface area contributed by atoms with Gasteiger partial charge in [-0.05, 0) is 124 Å². The number of hydrogen-bond donors (Lipinski definition) is 0. The Labute approximate surface area is 403 Å². The van der Waals surface area contributed by atoms with Crippen molar-refractivity contribution < 1.29 is 0 Å². The fourth-order valence-corrected chi connectivity index (χ4v) is 16.9. The molecule has 16 heteroatoms. The molecule has 16 aromatic rings. The minimum Gasteiger partial charge on any atom is -0.275 e. The van der Waals surface area contributed by atoms with Crippen molar-refractivity contribution in [3.63, 3.8) is 0 Å². The summed E-state index contributed by atoms with van der Waals surface area (Å²) in [7, 11) is 0. The molecule has 0 fully saturated rings. The zero-order valence-corrected chi connectivity index (χ0v) is 41.4. The summed E-state index contributed by atoms with van der Waals surface area (Å²) in [6, 6.07) is 28.0. The summed E-state index contributed by atoms with van der Waals surface area (Å²) in [5.41, 5.74) is 6.98. The Morgan fingerprint density at radius 2 is 0.641 bits per heavy atom. The second kappa shape index (κ2) is 12.4. The van der Waals surface area contributed by atoms with E-state index in [4.69, 9.17) is 0 Å². The number of halogens is 4. The number of thiophene rings is 4. The Hall–Kier alpha value is -5.04. The quantitative estimate of drug-likeness (QED) is 0.142. The van der Waals surface area contributed by atoms with Gasteiger partial charge in [0.05, 0.1) is 79.5 Å². The minimum atomic E-state index is -0.0533. The molecule has 0 saturated carbocycles. The number of aromatic nitrogens is 4. The Morgan fingerprint density at radius 1 is 0.344 bits per heavy atom. The summed E-state index contributed by atoms with van der Waals surface area (Å²) in [6.45, 7) is 0. The monoisotopic (exact) mass is 1160 g/mol. The van der Waals surface area contributed by atoms with Crippen LogP contribution in [-0.2, 0) is 0 Å². The minimum absolute atomic E-state index is 0.0465. The van der Waals surface area contributed by atoms with E-state index in [1.807, 2.05) is 47.2 Å². The number of hydrogen-bond acceptors (Lipinski definition) is 8. The van der Waals surface area contributed by atoms with Crippen LogP contribution in [0.3, 0.4) is 0 Å². The Bertz CT molecular complexity index is 4760. The first-order chi connectivity index (χ1) is 31.0.